The van der Waals surface area contributed by atoms with Crippen LogP contribution in [0.3, 0.4) is 0 Å². The number of benzene rings is 1. The number of ether oxygens (including phenoxy) is 2. The van der Waals surface area contributed by atoms with Gasteiger partial charge in [-0.15, -0.1) is 13.2 Å². The summed E-state index contributed by atoms with van der Waals surface area (Å²) < 4.78 is 12.5. The molecule has 2 amide bonds. The van der Waals surface area contributed by atoms with Crippen LogP contribution in [0.15, 0.2) is 55.6 Å². The van der Waals surface area contributed by atoms with Crippen LogP contribution in [0.1, 0.15) is 58.4 Å². The summed E-state index contributed by atoms with van der Waals surface area (Å²) in [6.45, 7) is 13.9. The number of rotatable bonds is 14. The van der Waals surface area contributed by atoms with E-state index in [0.717, 1.165) is 12.0 Å². The minimum atomic E-state index is -1.17. The van der Waals surface area contributed by atoms with Crippen LogP contribution in [-0.4, -0.2) is 75.7 Å². The van der Waals surface area contributed by atoms with Crippen LogP contribution in [0.4, 0.5) is 0 Å². The first-order valence-electron chi connectivity index (χ1n) is 14.6. The standard InChI is InChI=1S/C32H44N2O6/c1-6-9-13-19-39-30(38)26-25-28(36)34(24(21-35)22(4)5)27(32(25)17-16-31(26,8-3)40-32)29(37)33(18-7-2)20-23-14-11-10-12-15-23/h6-7,10-12,14-15,22,24-27,35H,1-2,8-9,13,16-21H2,3-5H3/t24-,25-,26-,27?,31+,32?/m0/s1. The molecule has 1 spiro atoms. The average Bonchev–Trinajstić information content (AvgIpc) is 3.55. The summed E-state index contributed by atoms with van der Waals surface area (Å²) in [5.74, 6) is -2.80. The van der Waals surface area contributed by atoms with Gasteiger partial charge >= 0.3 is 5.97 Å². The molecule has 1 aromatic rings. The molecule has 0 aromatic heterocycles. The number of allylic oxidation sites excluding steroid dienone is 1. The molecule has 1 aromatic carbocycles. The third-order valence-corrected chi connectivity index (χ3v) is 9.09. The van der Waals surface area contributed by atoms with E-state index in [1.165, 1.54) is 0 Å². The Morgan fingerprint density at radius 1 is 1.23 bits per heavy atom. The number of nitrogens with zero attached hydrogens (tertiary/aromatic N) is 2. The van der Waals surface area contributed by atoms with Crippen LogP contribution in [-0.2, 0) is 30.4 Å². The fourth-order valence-corrected chi connectivity index (χ4v) is 7.13. The van der Waals surface area contributed by atoms with Crippen molar-refractivity contribution in [1.82, 2.24) is 9.80 Å². The SMILES string of the molecule is C=CCCCOC(=O)[C@@H]1[C@H]2C(=O)N([C@@H](CO)C(C)C)C(C(=O)N(CC=C)Cc3ccccc3)C23CC[C@@]1(CC)O3. The van der Waals surface area contributed by atoms with Gasteiger partial charge in [0, 0.05) is 13.1 Å². The number of unbranched alkanes of at least 4 members (excludes halogenated alkanes) is 1. The first-order valence-corrected chi connectivity index (χ1v) is 14.6. The molecule has 3 aliphatic heterocycles. The van der Waals surface area contributed by atoms with Gasteiger partial charge in [-0.3, -0.25) is 14.4 Å². The van der Waals surface area contributed by atoms with Crippen molar-refractivity contribution in [2.24, 2.45) is 17.8 Å². The molecule has 2 unspecified atom stereocenters. The van der Waals surface area contributed by atoms with Gasteiger partial charge in [-0.1, -0.05) is 63.3 Å². The molecule has 0 saturated carbocycles. The lowest BCUT2D eigenvalue weighted by Crippen LogP contribution is -2.59. The van der Waals surface area contributed by atoms with Crippen LogP contribution in [0, 0.1) is 17.8 Å². The molecule has 40 heavy (non-hydrogen) atoms. The molecular formula is C32H44N2O6. The van der Waals surface area contributed by atoms with Crippen LogP contribution in [0.2, 0.25) is 0 Å². The Kier molecular flexibility index (Phi) is 9.20. The Hall–Kier alpha value is -2.97. The van der Waals surface area contributed by atoms with E-state index in [0.29, 0.717) is 32.2 Å². The van der Waals surface area contributed by atoms with Crippen molar-refractivity contribution in [3.63, 3.8) is 0 Å². The summed E-state index contributed by atoms with van der Waals surface area (Å²) in [5.41, 5.74) is -1.09. The number of amides is 2. The molecule has 8 heteroatoms. The van der Waals surface area contributed by atoms with Crippen molar-refractivity contribution in [3.8, 4) is 0 Å². The fourth-order valence-electron chi connectivity index (χ4n) is 7.13. The van der Waals surface area contributed by atoms with E-state index in [1.54, 1.807) is 22.0 Å². The molecule has 2 bridgehead atoms. The molecule has 1 N–H and O–H groups in total. The van der Waals surface area contributed by atoms with E-state index in [1.807, 2.05) is 51.1 Å². The number of aliphatic hydroxyl groups excluding tert-OH is 1. The minimum absolute atomic E-state index is 0.122. The van der Waals surface area contributed by atoms with E-state index in [-0.39, 0.29) is 37.5 Å². The van der Waals surface area contributed by atoms with Gasteiger partial charge in [0.25, 0.3) is 0 Å². The summed E-state index contributed by atoms with van der Waals surface area (Å²) in [6.07, 6.45) is 6.38. The summed E-state index contributed by atoms with van der Waals surface area (Å²) in [4.78, 5) is 45.8. The van der Waals surface area contributed by atoms with Crippen molar-refractivity contribution >= 4 is 17.8 Å². The number of carbonyl (C=O) groups is 3. The number of carbonyl (C=O) groups excluding carboxylic acids is 3. The van der Waals surface area contributed by atoms with E-state index in [9.17, 15) is 19.5 Å². The van der Waals surface area contributed by atoms with Crippen LogP contribution in [0.5, 0.6) is 0 Å². The van der Waals surface area contributed by atoms with Gasteiger partial charge in [-0.25, -0.2) is 0 Å². The van der Waals surface area contributed by atoms with Crippen LogP contribution >= 0.6 is 0 Å². The molecular weight excluding hydrogens is 508 g/mol. The number of hydrogen-bond acceptors (Lipinski definition) is 6. The zero-order chi connectivity index (χ0) is 29.1. The van der Waals surface area contributed by atoms with Crippen molar-refractivity contribution in [2.75, 3.05) is 19.8 Å². The zero-order valence-corrected chi connectivity index (χ0v) is 24.1. The molecule has 3 heterocycles. The highest BCUT2D eigenvalue weighted by molar-refractivity contribution is 5.98. The van der Waals surface area contributed by atoms with Crippen LogP contribution < -0.4 is 0 Å². The van der Waals surface area contributed by atoms with Gasteiger partial charge in [-0.05, 0) is 43.6 Å². The Balaban J connectivity index is 1.77. The molecule has 0 aliphatic carbocycles. The van der Waals surface area contributed by atoms with Crippen molar-refractivity contribution in [3.05, 3.63) is 61.2 Å². The quantitative estimate of drug-likeness (QED) is 0.214. The van der Waals surface area contributed by atoms with Crippen molar-refractivity contribution in [1.29, 1.82) is 0 Å². The van der Waals surface area contributed by atoms with Gasteiger partial charge in [0.05, 0.1) is 30.8 Å². The Morgan fingerprint density at radius 3 is 2.55 bits per heavy atom. The summed E-state index contributed by atoms with van der Waals surface area (Å²) >= 11 is 0. The number of likely N-dealkylation sites (tertiary alicyclic amines) is 1. The highest BCUT2D eigenvalue weighted by Crippen LogP contribution is 2.65. The molecule has 8 nitrogen and oxygen atoms in total. The van der Waals surface area contributed by atoms with Crippen molar-refractivity contribution in [2.45, 2.75) is 82.7 Å². The normalized spacial score (nSPS) is 29.4. The number of aliphatic hydroxyl groups is 1. The monoisotopic (exact) mass is 552 g/mol. The minimum Gasteiger partial charge on any atom is -0.465 e. The number of fused-ring (bicyclic) bond motifs is 1. The Labute approximate surface area is 238 Å². The lowest BCUT2D eigenvalue weighted by molar-refractivity contribution is -0.164. The zero-order valence-electron chi connectivity index (χ0n) is 24.1. The lowest BCUT2D eigenvalue weighted by Gasteiger charge is -2.40. The Bertz CT molecular complexity index is 1110. The Morgan fingerprint density at radius 2 is 1.95 bits per heavy atom. The second-order valence-corrected chi connectivity index (χ2v) is 11.7. The number of esters is 1. The molecule has 3 saturated heterocycles. The van der Waals surface area contributed by atoms with Crippen LogP contribution in [0.25, 0.3) is 0 Å². The highest BCUT2D eigenvalue weighted by Gasteiger charge is 2.79. The van der Waals surface area contributed by atoms with Gasteiger partial charge < -0.3 is 24.4 Å². The van der Waals surface area contributed by atoms with Gasteiger partial charge in [-0.2, -0.15) is 0 Å². The maximum Gasteiger partial charge on any atom is 0.312 e. The molecule has 3 aliphatic rings. The molecule has 4 rings (SSSR count). The summed E-state index contributed by atoms with van der Waals surface area (Å²) in [5, 5.41) is 10.4. The average molecular weight is 553 g/mol. The van der Waals surface area contributed by atoms with E-state index >= 15 is 0 Å². The smallest absolute Gasteiger partial charge is 0.312 e. The van der Waals surface area contributed by atoms with Gasteiger partial charge in [0.2, 0.25) is 11.8 Å². The highest BCUT2D eigenvalue weighted by atomic mass is 16.6. The number of hydrogen-bond donors (Lipinski definition) is 1. The first-order chi connectivity index (χ1) is 19.2. The largest absolute Gasteiger partial charge is 0.465 e. The lowest BCUT2D eigenvalue weighted by atomic mass is 9.65. The second-order valence-electron chi connectivity index (χ2n) is 11.7. The van der Waals surface area contributed by atoms with E-state index in [2.05, 4.69) is 13.2 Å². The first kappa shape index (κ1) is 30.0. The predicted octanol–water partition coefficient (Wildman–Crippen LogP) is 3.88. The van der Waals surface area contributed by atoms with E-state index in [4.69, 9.17) is 9.47 Å². The maximum absolute atomic E-state index is 14.6. The second kappa shape index (κ2) is 12.3. The molecule has 218 valence electrons. The summed E-state index contributed by atoms with van der Waals surface area (Å²) in [7, 11) is 0. The van der Waals surface area contributed by atoms with Gasteiger partial charge in [0.1, 0.15) is 17.6 Å². The maximum atomic E-state index is 14.6. The summed E-state index contributed by atoms with van der Waals surface area (Å²) in [6, 6.07) is 8.09. The third-order valence-electron chi connectivity index (χ3n) is 9.09. The molecule has 6 atom stereocenters. The van der Waals surface area contributed by atoms with E-state index < -0.39 is 41.1 Å². The van der Waals surface area contributed by atoms with Crippen molar-refractivity contribution < 1.29 is 29.0 Å². The third kappa shape index (κ3) is 5.00. The fraction of sp³-hybridized carbons (Fsp3) is 0.594. The predicted molar refractivity (Wildman–Crippen MR) is 152 cm³/mol. The van der Waals surface area contributed by atoms with Gasteiger partial charge in [0.15, 0.2) is 0 Å². The topological polar surface area (TPSA) is 96.4 Å². The molecule has 0 radical (unpaired) electrons. The molecule has 3 fully saturated rings.